The van der Waals surface area contributed by atoms with Crippen LogP contribution in [0.3, 0.4) is 0 Å². The Labute approximate surface area is 116 Å². The fraction of sp³-hybridized carbons (Fsp3) is 0.500. The lowest BCUT2D eigenvalue weighted by Crippen LogP contribution is -2.57. The van der Waals surface area contributed by atoms with E-state index in [0.717, 1.165) is 18.2 Å². The highest BCUT2D eigenvalue weighted by molar-refractivity contribution is 5.86. The van der Waals surface area contributed by atoms with Crippen molar-refractivity contribution in [2.75, 3.05) is 19.8 Å². The van der Waals surface area contributed by atoms with Crippen LogP contribution in [0, 0.1) is 11.6 Å². The molecule has 2 rings (SSSR count). The number of nitrogens with one attached hydrogen (secondary N) is 1. The van der Waals surface area contributed by atoms with E-state index < -0.39 is 17.2 Å². The molecule has 1 fully saturated rings. The lowest BCUT2D eigenvalue weighted by atomic mass is 9.90. The van der Waals surface area contributed by atoms with Crippen LogP contribution in [0.4, 0.5) is 8.78 Å². The Morgan fingerprint density at radius 1 is 1.35 bits per heavy atom. The molecule has 0 aromatic heterocycles. The summed E-state index contributed by atoms with van der Waals surface area (Å²) in [5, 5.41) is 2.68. The maximum Gasteiger partial charge on any atom is 0.240 e. The van der Waals surface area contributed by atoms with E-state index >= 15 is 0 Å². The molecule has 0 unspecified atom stereocenters. The van der Waals surface area contributed by atoms with Crippen molar-refractivity contribution in [3.05, 3.63) is 35.4 Å². The largest absolute Gasteiger partial charge is 0.381 e. The Kier molecular flexibility index (Phi) is 4.67. The molecule has 0 atom stereocenters. The minimum absolute atomic E-state index is 0.221. The molecule has 4 nitrogen and oxygen atoms in total. The summed E-state index contributed by atoms with van der Waals surface area (Å²) < 4.78 is 31.6. The molecule has 1 aliphatic heterocycles. The van der Waals surface area contributed by atoms with E-state index in [0.29, 0.717) is 26.1 Å². The zero-order valence-corrected chi connectivity index (χ0v) is 11.1. The first kappa shape index (κ1) is 14.9. The summed E-state index contributed by atoms with van der Waals surface area (Å²) in [6, 6.07) is 3.28. The Bertz CT molecular complexity index is 488. The zero-order valence-electron chi connectivity index (χ0n) is 11.1. The molecular weight excluding hydrogens is 266 g/mol. The number of nitrogens with two attached hydrogens (primary N) is 1. The lowest BCUT2D eigenvalue weighted by molar-refractivity contribution is -0.129. The summed E-state index contributed by atoms with van der Waals surface area (Å²) in [6.45, 7) is 1.14. The van der Waals surface area contributed by atoms with Gasteiger partial charge in [-0.05, 0) is 43.0 Å². The third kappa shape index (κ3) is 3.52. The van der Waals surface area contributed by atoms with Crippen molar-refractivity contribution in [3.8, 4) is 0 Å². The highest BCUT2D eigenvalue weighted by Gasteiger charge is 2.35. The van der Waals surface area contributed by atoms with Crippen molar-refractivity contribution in [1.82, 2.24) is 5.32 Å². The molecule has 6 heteroatoms. The highest BCUT2D eigenvalue weighted by atomic mass is 19.1. The monoisotopic (exact) mass is 284 g/mol. The Morgan fingerprint density at radius 3 is 2.75 bits per heavy atom. The SMILES string of the molecule is NC1(C(=O)NCCc2cc(F)ccc2F)CCOCC1. The van der Waals surface area contributed by atoms with Crippen LogP contribution in [0.5, 0.6) is 0 Å². The van der Waals surface area contributed by atoms with Gasteiger partial charge in [-0.3, -0.25) is 4.79 Å². The van der Waals surface area contributed by atoms with Crippen molar-refractivity contribution in [2.24, 2.45) is 5.73 Å². The molecule has 1 aromatic carbocycles. The number of rotatable bonds is 4. The summed E-state index contributed by atoms with van der Waals surface area (Å²) in [5.74, 6) is -1.24. The molecule has 0 bridgehead atoms. The van der Waals surface area contributed by atoms with Crippen molar-refractivity contribution >= 4 is 5.91 Å². The van der Waals surface area contributed by atoms with Crippen LogP contribution in [-0.2, 0) is 16.0 Å². The van der Waals surface area contributed by atoms with Crippen LogP contribution in [0.1, 0.15) is 18.4 Å². The maximum absolute atomic E-state index is 13.4. The van der Waals surface area contributed by atoms with E-state index in [-0.39, 0.29) is 24.4 Å². The Morgan fingerprint density at radius 2 is 2.05 bits per heavy atom. The van der Waals surface area contributed by atoms with Crippen molar-refractivity contribution < 1.29 is 18.3 Å². The number of benzene rings is 1. The quantitative estimate of drug-likeness (QED) is 0.871. The molecule has 1 saturated heterocycles. The van der Waals surface area contributed by atoms with Crippen LogP contribution in [-0.4, -0.2) is 31.2 Å². The number of halogens is 2. The molecule has 1 heterocycles. The number of hydrogen-bond donors (Lipinski definition) is 2. The first-order valence-electron chi connectivity index (χ1n) is 6.60. The average Bonchev–Trinajstić information content (AvgIpc) is 2.43. The van der Waals surface area contributed by atoms with Crippen LogP contribution >= 0.6 is 0 Å². The minimum atomic E-state index is -0.918. The lowest BCUT2D eigenvalue weighted by Gasteiger charge is -2.31. The summed E-state index contributed by atoms with van der Waals surface area (Å²) in [4.78, 5) is 12.0. The van der Waals surface area contributed by atoms with Crippen molar-refractivity contribution in [3.63, 3.8) is 0 Å². The van der Waals surface area contributed by atoms with Gasteiger partial charge < -0.3 is 15.8 Å². The van der Waals surface area contributed by atoms with Gasteiger partial charge in [0.1, 0.15) is 11.6 Å². The molecule has 110 valence electrons. The number of ether oxygens (including phenoxy) is 1. The van der Waals surface area contributed by atoms with Crippen LogP contribution < -0.4 is 11.1 Å². The van der Waals surface area contributed by atoms with E-state index in [1.165, 1.54) is 0 Å². The fourth-order valence-corrected chi connectivity index (χ4v) is 2.18. The van der Waals surface area contributed by atoms with Gasteiger partial charge in [-0.25, -0.2) is 8.78 Å². The van der Waals surface area contributed by atoms with Crippen molar-refractivity contribution in [1.29, 1.82) is 0 Å². The van der Waals surface area contributed by atoms with E-state index in [1.54, 1.807) is 0 Å². The maximum atomic E-state index is 13.4. The fourth-order valence-electron chi connectivity index (χ4n) is 2.18. The number of amides is 1. The van der Waals surface area contributed by atoms with Gasteiger partial charge in [0, 0.05) is 19.8 Å². The smallest absolute Gasteiger partial charge is 0.240 e. The normalized spacial score (nSPS) is 17.8. The summed E-state index contributed by atoms with van der Waals surface area (Å²) >= 11 is 0. The van der Waals surface area contributed by atoms with Crippen molar-refractivity contribution in [2.45, 2.75) is 24.8 Å². The number of hydrogen-bond acceptors (Lipinski definition) is 3. The topological polar surface area (TPSA) is 64.4 Å². The zero-order chi connectivity index (χ0) is 14.6. The Balaban J connectivity index is 1.86. The van der Waals surface area contributed by atoms with Gasteiger partial charge >= 0.3 is 0 Å². The standard InChI is InChI=1S/C14H18F2N2O2/c15-11-1-2-12(16)10(9-11)3-6-18-13(19)14(17)4-7-20-8-5-14/h1-2,9H,3-8,17H2,(H,18,19). The van der Waals surface area contributed by atoms with Gasteiger partial charge in [0.25, 0.3) is 0 Å². The summed E-state index contributed by atoms with van der Waals surface area (Å²) in [5.41, 5.74) is 5.33. The summed E-state index contributed by atoms with van der Waals surface area (Å²) in [7, 11) is 0. The van der Waals surface area contributed by atoms with Crippen LogP contribution in [0.25, 0.3) is 0 Å². The second-order valence-electron chi connectivity index (χ2n) is 5.01. The second kappa shape index (κ2) is 6.28. The number of carbonyl (C=O) groups excluding carboxylic acids is 1. The molecule has 1 aromatic rings. The highest BCUT2D eigenvalue weighted by Crippen LogP contribution is 2.17. The first-order chi connectivity index (χ1) is 9.51. The van der Waals surface area contributed by atoms with Gasteiger partial charge in [-0.1, -0.05) is 0 Å². The van der Waals surface area contributed by atoms with E-state index in [4.69, 9.17) is 10.5 Å². The third-order valence-electron chi connectivity index (χ3n) is 3.52. The predicted molar refractivity (Wildman–Crippen MR) is 70.0 cm³/mol. The van der Waals surface area contributed by atoms with Crippen LogP contribution in [0.2, 0.25) is 0 Å². The molecular formula is C14H18F2N2O2. The second-order valence-corrected chi connectivity index (χ2v) is 5.01. The van der Waals surface area contributed by atoms with E-state index in [9.17, 15) is 13.6 Å². The minimum Gasteiger partial charge on any atom is -0.381 e. The molecule has 0 radical (unpaired) electrons. The van der Waals surface area contributed by atoms with Gasteiger partial charge in [-0.2, -0.15) is 0 Å². The van der Waals surface area contributed by atoms with Crippen LogP contribution in [0.15, 0.2) is 18.2 Å². The van der Waals surface area contributed by atoms with Gasteiger partial charge in [0.2, 0.25) is 5.91 Å². The van der Waals surface area contributed by atoms with Gasteiger partial charge in [-0.15, -0.1) is 0 Å². The molecule has 3 N–H and O–H groups in total. The predicted octanol–water partition coefficient (Wildman–Crippen LogP) is 1.13. The molecule has 1 amide bonds. The van der Waals surface area contributed by atoms with E-state index in [1.807, 2.05) is 0 Å². The Hall–Kier alpha value is -1.53. The van der Waals surface area contributed by atoms with Gasteiger partial charge in [0.05, 0.1) is 5.54 Å². The third-order valence-corrected chi connectivity index (χ3v) is 3.52. The van der Waals surface area contributed by atoms with E-state index in [2.05, 4.69) is 5.32 Å². The first-order valence-corrected chi connectivity index (χ1v) is 6.60. The molecule has 0 spiro atoms. The molecule has 20 heavy (non-hydrogen) atoms. The molecule has 1 aliphatic rings. The average molecular weight is 284 g/mol. The van der Waals surface area contributed by atoms with Gasteiger partial charge in [0.15, 0.2) is 0 Å². The number of carbonyl (C=O) groups is 1. The summed E-state index contributed by atoms with van der Waals surface area (Å²) in [6.07, 6.45) is 1.15. The molecule has 0 aliphatic carbocycles. The molecule has 0 saturated carbocycles.